The van der Waals surface area contributed by atoms with Gasteiger partial charge in [-0.2, -0.15) is 0 Å². The Morgan fingerprint density at radius 1 is 1.47 bits per heavy atom. The third-order valence-corrected chi connectivity index (χ3v) is 2.79. The van der Waals surface area contributed by atoms with Crippen molar-refractivity contribution in [2.45, 2.75) is 33.2 Å². The highest BCUT2D eigenvalue weighted by Gasteiger charge is 2.11. The number of anilines is 1. The summed E-state index contributed by atoms with van der Waals surface area (Å²) in [6.07, 6.45) is 2.06. The van der Waals surface area contributed by atoms with Crippen LogP contribution in [0, 0.1) is 0 Å². The highest BCUT2D eigenvalue weighted by molar-refractivity contribution is 5.87. The number of benzene rings is 1. The molecule has 2 rings (SSSR count). The van der Waals surface area contributed by atoms with Gasteiger partial charge >= 0.3 is 0 Å². The first kappa shape index (κ1) is 11.7. The number of allylic oxidation sites excluding steroid dienone is 1. The van der Waals surface area contributed by atoms with Gasteiger partial charge in [0, 0.05) is 13.0 Å². The largest absolute Gasteiger partial charge is 0.397 e. The highest BCUT2D eigenvalue weighted by Crippen LogP contribution is 2.23. The van der Waals surface area contributed by atoms with Crippen LogP contribution < -0.4 is 5.73 Å². The summed E-state index contributed by atoms with van der Waals surface area (Å²) in [6, 6.07) is 5.95. The monoisotopic (exact) mass is 229 g/mol. The molecule has 0 saturated heterocycles. The molecule has 1 aromatic carbocycles. The quantitative estimate of drug-likeness (QED) is 0.646. The van der Waals surface area contributed by atoms with Gasteiger partial charge in [0.2, 0.25) is 0 Å². The van der Waals surface area contributed by atoms with Crippen molar-refractivity contribution in [3.05, 3.63) is 36.2 Å². The summed E-state index contributed by atoms with van der Waals surface area (Å²) in [4.78, 5) is 4.65. The molecule has 2 N–H and O–H groups in total. The van der Waals surface area contributed by atoms with E-state index < -0.39 is 0 Å². The van der Waals surface area contributed by atoms with Crippen molar-refractivity contribution in [1.82, 2.24) is 9.55 Å². The molecule has 0 aliphatic rings. The van der Waals surface area contributed by atoms with Gasteiger partial charge < -0.3 is 10.3 Å². The molecule has 1 heterocycles. The molecule has 0 atom stereocenters. The molecule has 1 aromatic heterocycles. The van der Waals surface area contributed by atoms with Gasteiger partial charge in [0.1, 0.15) is 11.3 Å². The van der Waals surface area contributed by atoms with Gasteiger partial charge in [-0.25, -0.2) is 4.98 Å². The van der Waals surface area contributed by atoms with Crippen molar-refractivity contribution < 1.29 is 0 Å². The second-order valence-corrected chi connectivity index (χ2v) is 4.54. The lowest BCUT2D eigenvalue weighted by Gasteiger charge is -2.08. The molecule has 2 aromatic rings. The standard InChI is InChI=1S/C14H19N3/c1-4-6-13-16-14-11(15)7-5-8-12(14)17(13)9-10(2)3/h5,7-8H,2,4,6,9,15H2,1,3H3. The van der Waals surface area contributed by atoms with Crippen LogP contribution in [0.5, 0.6) is 0 Å². The van der Waals surface area contributed by atoms with Crippen molar-refractivity contribution >= 4 is 16.7 Å². The maximum Gasteiger partial charge on any atom is 0.112 e. The van der Waals surface area contributed by atoms with Gasteiger partial charge in [0.05, 0.1) is 11.2 Å². The fraction of sp³-hybridized carbons (Fsp3) is 0.357. The van der Waals surface area contributed by atoms with E-state index in [0.717, 1.165) is 47.5 Å². The van der Waals surface area contributed by atoms with Crippen LogP contribution in [0.1, 0.15) is 26.1 Å². The molecular formula is C14H19N3. The summed E-state index contributed by atoms with van der Waals surface area (Å²) in [7, 11) is 0. The first-order chi connectivity index (χ1) is 8.13. The van der Waals surface area contributed by atoms with Crippen LogP contribution in [0.4, 0.5) is 5.69 Å². The summed E-state index contributed by atoms with van der Waals surface area (Å²) >= 11 is 0. The lowest BCUT2D eigenvalue weighted by atomic mass is 10.2. The minimum atomic E-state index is 0.750. The Kier molecular flexibility index (Phi) is 3.18. The van der Waals surface area contributed by atoms with Gasteiger partial charge in [0.25, 0.3) is 0 Å². The van der Waals surface area contributed by atoms with Gasteiger partial charge in [0.15, 0.2) is 0 Å². The van der Waals surface area contributed by atoms with E-state index in [9.17, 15) is 0 Å². The number of para-hydroxylation sites is 1. The lowest BCUT2D eigenvalue weighted by molar-refractivity contribution is 0.715. The fourth-order valence-electron chi connectivity index (χ4n) is 2.08. The Labute approximate surface area is 102 Å². The van der Waals surface area contributed by atoms with Gasteiger partial charge in [-0.05, 0) is 25.5 Å². The van der Waals surface area contributed by atoms with E-state index in [1.807, 2.05) is 19.1 Å². The number of nitrogens with two attached hydrogens (primary N) is 1. The first-order valence-electron chi connectivity index (χ1n) is 6.01. The second-order valence-electron chi connectivity index (χ2n) is 4.54. The van der Waals surface area contributed by atoms with Crippen LogP contribution in [-0.2, 0) is 13.0 Å². The van der Waals surface area contributed by atoms with Crippen LogP contribution >= 0.6 is 0 Å². The number of hydrogen-bond acceptors (Lipinski definition) is 2. The predicted molar refractivity (Wildman–Crippen MR) is 73.0 cm³/mol. The van der Waals surface area contributed by atoms with Crippen LogP contribution in [-0.4, -0.2) is 9.55 Å². The van der Waals surface area contributed by atoms with Crippen LogP contribution in [0.2, 0.25) is 0 Å². The Balaban J connectivity index is 2.62. The van der Waals surface area contributed by atoms with E-state index in [2.05, 4.69) is 29.1 Å². The number of nitrogen functional groups attached to an aromatic ring is 1. The molecule has 0 fully saturated rings. The average Bonchev–Trinajstić information content (AvgIpc) is 2.59. The molecule has 0 aliphatic carbocycles. The topological polar surface area (TPSA) is 43.8 Å². The van der Waals surface area contributed by atoms with Crippen molar-refractivity contribution in [1.29, 1.82) is 0 Å². The molecule has 0 radical (unpaired) electrons. The minimum Gasteiger partial charge on any atom is -0.397 e. The molecule has 0 bridgehead atoms. The number of rotatable bonds is 4. The molecule has 0 aliphatic heterocycles. The van der Waals surface area contributed by atoms with Crippen molar-refractivity contribution in [2.75, 3.05) is 5.73 Å². The molecule has 17 heavy (non-hydrogen) atoms. The van der Waals surface area contributed by atoms with Crippen molar-refractivity contribution in [3.8, 4) is 0 Å². The Hall–Kier alpha value is -1.77. The van der Waals surface area contributed by atoms with Crippen LogP contribution in [0.25, 0.3) is 11.0 Å². The lowest BCUT2D eigenvalue weighted by Crippen LogP contribution is -2.04. The van der Waals surface area contributed by atoms with Crippen LogP contribution in [0.3, 0.4) is 0 Å². The third kappa shape index (κ3) is 2.18. The average molecular weight is 229 g/mol. The summed E-state index contributed by atoms with van der Waals surface area (Å²) in [5.41, 5.74) is 9.87. The SMILES string of the molecule is C=C(C)Cn1c(CCC)nc2c(N)cccc21. The first-order valence-corrected chi connectivity index (χ1v) is 6.01. The van der Waals surface area contributed by atoms with E-state index in [0.29, 0.717) is 0 Å². The number of aryl methyl sites for hydroxylation is 1. The van der Waals surface area contributed by atoms with E-state index in [4.69, 9.17) is 5.73 Å². The normalized spacial score (nSPS) is 10.9. The zero-order valence-corrected chi connectivity index (χ0v) is 10.5. The molecule has 0 unspecified atom stereocenters. The maximum atomic E-state index is 5.97. The smallest absolute Gasteiger partial charge is 0.112 e. The maximum absolute atomic E-state index is 5.97. The minimum absolute atomic E-state index is 0.750. The van der Waals surface area contributed by atoms with E-state index in [1.54, 1.807) is 0 Å². The number of nitrogens with zero attached hydrogens (tertiary/aromatic N) is 2. The molecular weight excluding hydrogens is 210 g/mol. The number of imidazole rings is 1. The van der Waals surface area contributed by atoms with Gasteiger partial charge in [-0.1, -0.05) is 25.1 Å². The number of aromatic nitrogens is 2. The second kappa shape index (κ2) is 4.62. The summed E-state index contributed by atoms with van der Waals surface area (Å²) in [6.45, 7) is 8.99. The Bertz CT molecular complexity index is 552. The Morgan fingerprint density at radius 2 is 2.24 bits per heavy atom. The van der Waals surface area contributed by atoms with E-state index >= 15 is 0 Å². The molecule has 90 valence electrons. The highest BCUT2D eigenvalue weighted by atomic mass is 15.1. The van der Waals surface area contributed by atoms with Gasteiger partial charge in [-0.3, -0.25) is 0 Å². The molecule has 0 spiro atoms. The zero-order chi connectivity index (χ0) is 12.4. The number of hydrogen-bond donors (Lipinski definition) is 1. The number of fused-ring (bicyclic) bond motifs is 1. The molecule has 0 saturated carbocycles. The zero-order valence-electron chi connectivity index (χ0n) is 10.5. The van der Waals surface area contributed by atoms with Gasteiger partial charge in [-0.15, -0.1) is 0 Å². The van der Waals surface area contributed by atoms with Crippen LogP contribution in [0.15, 0.2) is 30.4 Å². The van der Waals surface area contributed by atoms with Crippen molar-refractivity contribution in [2.24, 2.45) is 0 Å². The van der Waals surface area contributed by atoms with E-state index in [-0.39, 0.29) is 0 Å². The summed E-state index contributed by atoms with van der Waals surface area (Å²) in [5, 5.41) is 0. The molecule has 3 nitrogen and oxygen atoms in total. The molecule has 0 amide bonds. The Morgan fingerprint density at radius 3 is 2.88 bits per heavy atom. The summed E-state index contributed by atoms with van der Waals surface area (Å²) in [5.74, 6) is 1.10. The summed E-state index contributed by atoms with van der Waals surface area (Å²) < 4.78 is 2.22. The predicted octanol–water partition coefficient (Wildman–Crippen LogP) is 3.15. The van der Waals surface area contributed by atoms with Crippen molar-refractivity contribution in [3.63, 3.8) is 0 Å². The fourth-order valence-corrected chi connectivity index (χ4v) is 2.08. The van der Waals surface area contributed by atoms with E-state index in [1.165, 1.54) is 0 Å². The molecule has 3 heteroatoms. The third-order valence-electron chi connectivity index (χ3n) is 2.79.